The van der Waals surface area contributed by atoms with E-state index in [0.717, 1.165) is 16.7 Å². The Hall–Kier alpha value is -2.71. The Labute approximate surface area is 213 Å². The van der Waals surface area contributed by atoms with Crippen molar-refractivity contribution < 1.29 is 27.5 Å². The molecule has 2 aliphatic heterocycles. The van der Waals surface area contributed by atoms with Gasteiger partial charge in [0, 0.05) is 12.5 Å². The molecular weight excluding hydrogens is 478 g/mol. The average molecular weight is 514 g/mol. The summed E-state index contributed by atoms with van der Waals surface area (Å²) >= 11 is 0. The van der Waals surface area contributed by atoms with Gasteiger partial charge in [-0.25, -0.2) is 8.42 Å². The largest absolute Gasteiger partial charge is 0.465 e. The number of carbonyl (C=O) groups is 2. The third-order valence-corrected chi connectivity index (χ3v) is 10.2. The number of benzene rings is 2. The fourth-order valence-electron chi connectivity index (χ4n) is 5.80. The number of ether oxygens (including phenoxy) is 2. The van der Waals surface area contributed by atoms with Crippen molar-refractivity contribution >= 4 is 21.8 Å². The highest BCUT2D eigenvalue weighted by molar-refractivity contribution is 7.95. The van der Waals surface area contributed by atoms with Gasteiger partial charge in [-0.05, 0) is 58.2 Å². The summed E-state index contributed by atoms with van der Waals surface area (Å²) in [6.07, 6.45) is 1.17. The first kappa shape index (κ1) is 26.4. The normalized spacial score (nSPS) is 27.3. The van der Waals surface area contributed by atoms with Crippen LogP contribution in [0.2, 0.25) is 0 Å². The Bertz CT molecular complexity index is 1210. The van der Waals surface area contributed by atoms with Crippen LogP contribution in [0.5, 0.6) is 0 Å². The van der Waals surface area contributed by atoms with Crippen molar-refractivity contribution in [2.45, 2.75) is 69.0 Å². The maximum absolute atomic E-state index is 14.7. The zero-order valence-corrected chi connectivity index (χ0v) is 22.2. The lowest BCUT2D eigenvalue weighted by Crippen LogP contribution is -2.71. The molecule has 0 unspecified atom stereocenters. The third-order valence-electron chi connectivity index (χ3n) is 7.46. The molecule has 0 bridgehead atoms. The predicted molar refractivity (Wildman–Crippen MR) is 137 cm³/mol. The molecule has 0 radical (unpaired) electrons. The van der Waals surface area contributed by atoms with E-state index in [1.165, 1.54) is 0 Å². The molecule has 2 fully saturated rings. The van der Waals surface area contributed by atoms with E-state index < -0.39 is 43.9 Å². The monoisotopic (exact) mass is 513 g/mol. The van der Waals surface area contributed by atoms with Gasteiger partial charge in [0.2, 0.25) is 0 Å². The van der Waals surface area contributed by atoms with Crippen LogP contribution in [0, 0.1) is 13.8 Å². The van der Waals surface area contributed by atoms with Gasteiger partial charge in [-0.1, -0.05) is 59.7 Å². The van der Waals surface area contributed by atoms with Gasteiger partial charge >= 0.3 is 11.9 Å². The van der Waals surface area contributed by atoms with Gasteiger partial charge in [0.1, 0.15) is 0 Å². The second-order valence-corrected chi connectivity index (χ2v) is 12.1. The molecule has 2 aromatic carbocycles. The SMILES string of the molecule is CCOC(=O)[C@@H]1[C@@H](c2ccc(C)cc2)N2CCC[C@H]2[C@@](Cc2ccc(C)cc2)(C(=O)OCC)S1(=O)=O. The lowest BCUT2D eigenvalue weighted by molar-refractivity contribution is -0.150. The van der Waals surface area contributed by atoms with Gasteiger partial charge in [-0.15, -0.1) is 0 Å². The van der Waals surface area contributed by atoms with Crippen LogP contribution in [0.25, 0.3) is 0 Å². The second-order valence-electron chi connectivity index (χ2n) is 9.74. The molecule has 4 atom stereocenters. The Morgan fingerprint density at radius 1 is 0.944 bits per heavy atom. The van der Waals surface area contributed by atoms with Crippen LogP contribution in [0.4, 0.5) is 0 Å². The van der Waals surface area contributed by atoms with Crippen LogP contribution < -0.4 is 0 Å². The topological polar surface area (TPSA) is 90.0 Å². The average Bonchev–Trinajstić information content (AvgIpc) is 3.32. The third kappa shape index (κ3) is 4.34. The van der Waals surface area contributed by atoms with Crippen molar-refractivity contribution in [1.29, 1.82) is 0 Å². The number of fused-ring (bicyclic) bond motifs is 1. The lowest BCUT2D eigenvalue weighted by Gasteiger charge is -2.51. The maximum Gasteiger partial charge on any atom is 0.329 e. The molecule has 0 aliphatic carbocycles. The molecule has 2 aliphatic rings. The summed E-state index contributed by atoms with van der Waals surface area (Å²) in [7, 11) is -4.43. The fourth-order valence-corrected chi connectivity index (χ4v) is 8.52. The highest BCUT2D eigenvalue weighted by atomic mass is 32.2. The number of sulfone groups is 1. The molecule has 0 spiro atoms. The van der Waals surface area contributed by atoms with E-state index in [9.17, 15) is 18.0 Å². The molecule has 0 saturated carbocycles. The Balaban J connectivity index is 1.96. The van der Waals surface area contributed by atoms with E-state index in [-0.39, 0.29) is 19.6 Å². The number of rotatable bonds is 7. The second kappa shape index (κ2) is 10.3. The molecule has 0 N–H and O–H groups in total. The Morgan fingerprint density at radius 2 is 1.53 bits per heavy atom. The van der Waals surface area contributed by atoms with E-state index in [4.69, 9.17) is 9.47 Å². The first-order valence-corrected chi connectivity index (χ1v) is 14.2. The molecule has 36 heavy (non-hydrogen) atoms. The van der Waals surface area contributed by atoms with E-state index in [1.807, 2.05) is 67.3 Å². The van der Waals surface area contributed by atoms with Gasteiger partial charge in [0.25, 0.3) is 0 Å². The predicted octanol–water partition coefficient (Wildman–Crippen LogP) is 3.71. The van der Waals surface area contributed by atoms with Crippen molar-refractivity contribution in [2.75, 3.05) is 19.8 Å². The molecule has 2 aromatic rings. The molecule has 7 nitrogen and oxygen atoms in total. The van der Waals surface area contributed by atoms with Crippen LogP contribution in [0.15, 0.2) is 48.5 Å². The van der Waals surface area contributed by atoms with Crippen molar-refractivity contribution in [3.8, 4) is 0 Å². The minimum Gasteiger partial charge on any atom is -0.465 e. The first-order chi connectivity index (χ1) is 17.2. The molecule has 2 saturated heterocycles. The summed E-state index contributed by atoms with van der Waals surface area (Å²) in [5, 5.41) is -1.55. The molecule has 0 aromatic heterocycles. The number of carbonyl (C=O) groups excluding carboxylic acids is 2. The minimum atomic E-state index is -4.43. The van der Waals surface area contributed by atoms with E-state index in [2.05, 4.69) is 0 Å². The van der Waals surface area contributed by atoms with E-state index in [0.29, 0.717) is 24.9 Å². The first-order valence-electron chi connectivity index (χ1n) is 12.6. The summed E-state index contributed by atoms with van der Waals surface area (Å²) in [6.45, 7) is 7.88. The minimum absolute atomic E-state index is 0.0409. The number of nitrogens with zero attached hydrogens (tertiary/aromatic N) is 1. The van der Waals surface area contributed by atoms with E-state index in [1.54, 1.807) is 13.8 Å². The zero-order valence-electron chi connectivity index (χ0n) is 21.4. The summed E-state index contributed by atoms with van der Waals surface area (Å²) < 4.78 is 38.3. The van der Waals surface area contributed by atoms with Gasteiger partial charge in [-0.3, -0.25) is 14.5 Å². The summed E-state index contributed by atoms with van der Waals surface area (Å²) in [4.78, 5) is 29.3. The molecule has 2 heterocycles. The van der Waals surface area contributed by atoms with Gasteiger partial charge in [-0.2, -0.15) is 0 Å². The number of aryl methyl sites for hydroxylation is 2. The maximum atomic E-state index is 14.7. The molecular formula is C28H35NO6S. The van der Waals surface area contributed by atoms with E-state index >= 15 is 0 Å². The Kier molecular flexibility index (Phi) is 7.57. The van der Waals surface area contributed by atoms with Crippen molar-refractivity contribution in [3.05, 3.63) is 70.8 Å². The van der Waals surface area contributed by atoms with Crippen LogP contribution in [0.1, 0.15) is 55.0 Å². The molecule has 0 amide bonds. The van der Waals surface area contributed by atoms with Crippen LogP contribution in [-0.4, -0.2) is 61.1 Å². The molecule has 4 rings (SSSR count). The van der Waals surface area contributed by atoms with Crippen molar-refractivity contribution in [1.82, 2.24) is 4.90 Å². The van der Waals surface area contributed by atoms with Crippen LogP contribution in [0.3, 0.4) is 0 Å². The molecule has 194 valence electrons. The van der Waals surface area contributed by atoms with Crippen LogP contribution in [-0.2, 0) is 35.3 Å². The number of esters is 2. The quantitative estimate of drug-likeness (QED) is 0.522. The molecule has 8 heteroatoms. The van der Waals surface area contributed by atoms with Crippen molar-refractivity contribution in [2.24, 2.45) is 0 Å². The van der Waals surface area contributed by atoms with Crippen LogP contribution >= 0.6 is 0 Å². The standard InChI is InChI=1S/C28H35NO6S/c1-5-34-26(30)25-24(22-15-11-20(4)12-16-22)29-17-7-8-23(29)28(36(25,32)33,27(31)35-6-2)18-21-13-9-19(3)10-14-21/h9-16,23-25H,5-8,17-18H2,1-4H3/t23-,24+,25-,28-/m0/s1. The fraction of sp³-hybridized carbons (Fsp3) is 0.500. The number of hydrogen-bond donors (Lipinski definition) is 0. The Morgan fingerprint density at radius 3 is 2.11 bits per heavy atom. The lowest BCUT2D eigenvalue weighted by atomic mass is 9.86. The summed E-state index contributed by atoms with van der Waals surface area (Å²) in [5.74, 6) is -1.62. The summed E-state index contributed by atoms with van der Waals surface area (Å²) in [5.41, 5.74) is 3.49. The highest BCUT2D eigenvalue weighted by Gasteiger charge is 2.70. The van der Waals surface area contributed by atoms with Gasteiger partial charge in [0.05, 0.1) is 19.3 Å². The summed E-state index contributed by atoms with van der Waals surface area (Å²) in [6, 6.07) is 13.7. The van der Waals surface area contributed by atoms with Gasteiger partial charge in [0.15, 0.2) is 19.8 Å². The zero-order chi connectivity index (χ0) is 26.1. The smallest absolute Gasteiger partial charge is 0.329 e. The number of hydrogen-bond acceptors (Lipinski definition) is 7. The van der Waals surface area contributed by atoms with Crippen molar-refractivity contribution in [3.63, 3.8) is 0 Å². The van der Waals surface area contributed by atoms with Gasteiger partial charge < -0.3 is 9.47 Å². The highest BCUT2D eigenvalue weighted by Crippen LogP contribution is 2.50.